The Bertz CT molecular complexity index is 612. The topological polar surface area (TPSA) is 72.2 Å². The maximum Gasteiger partial charge on any atom is 0.241 e. The molecule has 7 heteroatoms. The van der Waals surface area contributed by atoms with Gasteiger partial charge in [0, 0.05) is 6.04 Å². The second kappa shape index (κ2) is 5.15. The van der Waals surface area contributed by atoms with Crippen LogP contribution in [0.5, 0.6) is 0 Å². The third-order valence-corrected chi connectivity index (χ3v) is 4.99. The molecule has 3 N–H and O–H groups in total. The summed E-state index contributed by atoms with van der Waals surface area (Å²) < 4.78 is 40.7. The van der Waals surface area contributed by atoms with Gasteiger partial charge in [0.25, 0.3) is 0 Å². The number of benzene rings is 1. The van der Waals surface area contributed by atoms with E-state index in [1.165, 1.54) is 12.1 Å². The van der Waals surface area contributed by atoms with E-state index in [-0.39, 0.29) is 21.5 Å². The van der Waals surface area contributed by atoms with Crippen LogP contribution in [0.25, 0.3) is 0 Å². The molecule has 0 spiro atoms. The first-order chi connectivity index (χ1) is 8.83. The summed E-state index contributed by atoms with van der Waals surface area (Å²) in [6.45, 7) is 1.80. The summed E-state index contributed by atoms with van der Waals surface area (Å²) in [4.78, 5) is -0.468. The van der Waals surface area contributed by atoms with E-state index in [1.54, 1.807) is 6.92 Å². The predicted octanol–water partition coefficient (Wildman–Crippen LogP) is 1.54. The minimum Gasteiger partial charge on any atom is -0.389 e. The molecule has 4 nitrogen and oxygen atoms in total. The summed E-state index contributed by atoms with van der Waals surface area (Å²) >= 11 is 4.73. The molecule has 0 bridgehead atoms. The molecule has 2 rings (SSSR count). The lowest BCUT2D eigenvalue weighted by Gasteiger charge is -2.15. The van der Waals surface area contributed by atoms with Gasteiger partial charge in [0.1, 0.15) is 10.8 Å². The second-order valence-corrected chi connectivity index (χ2v) is 6.85. The lowest BCUT2D eigenvalue weighted by molar-refractivity contribution is 0.536. The summed E-state index contributed by atoms with van der Waals surface area (Å²) in [5, 5.41) is 0. The van der Waals surface area contributed by atoms with Crippen molar-refractivity contribution in [2.75, 3.05) is 0 Å². The SMILES string of the molecule is CC(NS(=O)(=O)c1cccc(F)c1C(N)=S)C1CC1. The Balaban J connectivity index is 2.39. The molecule has 0 heterocycles. The van der Waals surface area contributed by atoms with E-state index in [9.17, 15) is 12.8 Å². The second-order valence-electron chi connectivity index (χ2n) is 4.72. The third kappa shape index (κ3) is 3.10. The van der Waals surface area contributed by atoms with Crippen molar-refractivity contribution in [1.29, 1.82) is 0 Å². The average Bonchev–Trinajstić information content (AvgIpc) is 3.11. The fourth-order valence-electron chi connectivity index (χ4n) is 1.97. The molecule has 0 amide bonds. The van der Waals surface area contributed by atoms with Crippen LogP contribution in [-0.4, -0.2) is 19.4 Å². The van der Waals surface area contributed by atoms with Gasteiger partial charge in [-0.05, 0) is 37.8 Å². The Morgan fingerprint density at radius 1 is 1.53 bits per heavy atom. The van der Waals surface area contributed by atoms with Crippen LogP contribution in [0, 0.1) is 11.7 Å². The highest BCUT2D eigenvalue weighted by molar-refractivity contribution is 7.89. The average molecular weight is 302 g/mol. The lowest BCUT2D eigenvalue weighted by atomic mass is 10.2. The fraction of sp³-hybridized carbons (Fsp3) is 0.417. The molecular formula is C12H15FN2O2S2. The molecule has 104 valence electrons. The molecule has 1 atom stereocenters. The number of halogens is 1. The first kappa shape index (κ1) is 14.4. The van der Waals surface area contributed by atoms with Gasteiger partial charge in [-0.1, -0.05) is 18.3 Å². The highest BCUT2D eigenvalue weighted by Crippen LogP contribution is 2.33. The fourth-order valence-corrected chi connectivity index (χ4v) is 3.78. The van der Waals surface area contributed by atoms with Crippen LogP contribution in [-0.2, 0) is 10.0 Å². The molecule has 0 aliphatic heterocycles. The van der Waals surface area contributed by atoms with Crippen LogP contribution in [0.4, 0.5) is 4.39 Å². The van der Waals surface area contributed by atoms with Gasteiger partial charge in [-0.2, -0.15) is 0 Å². The number of hydrogen-bond acceptors (Lipinski definition) is 3. The van der Waals surface area contributed by atoms with Crippen molar-refractivity contribution in [3.05, 3.63) is 29.6 Å². The van der Waals surface area contributed by atoms with Crippen LogP contribution < -0.4 is 10.5 Å². The van der Waals surface area contributed by atoms with Gasteiger partial charge in [0.2, 0.25) is 10.0 Å². The van der Waals surface area contributed by atoms with E-state index in [2.05, 4.69) is 4.72 Å². The summed E-state index contributed by atoms with van der Waals surface area (Å²) in [7, 11) is -3.82. The number of rotatable bonds is 5. The zero-order valence-corrected chi connectivity index (χ0v) is 12.0. The zero-order chi connectivity index (χ0) is 14.2. The quantitative estimate of drug-likeness (QED) is 0.809. The summed E-state index contributed by atoms with van der Waals surface area (Å²) in [6.07, 6.45) is 2.02. The Kier molecular flexibility index (Phi) is 3.89. The molecule has 0 saturated heterocycles. The van der Waals surface area contributed by atoms with E-state index in [0.717, 1.165) is 18.9 Å². The standard InChI is InChI=1S/C12H15FN2O2S2/c1-7(8-5-6-8)15-19(16,17)10-4-2-3-9(13)11(10)12(14)18/h2-4,7-8,15H,5-6H2,1H3,(H2,14,18). The molecule has 1 unspecified atom stereocenters. The van der Waals surface area contributed by atoms with E-state index < -0.39 is 15.8 Å². The summed E-state index contributed by atoms with van der Waals surface area (Å²) in [6, 6.07) is 3.60. The van der Waals surface area contributed by atoms with E-state index in [1.807, 2.05) is 0 Å². The number of hydrogen-bond donors (Lipinski definition) is 2. The smallest absolute Gasteiger partial charge is 0.241 e. The molecule has 19 heavy (non-hydrogen) atoms. The van der Waals surface area contributed by atoms with Crippen LogP contribution in [0.1, 0.15) is 25.3 Å². The van der Waals surface area contributed by atoms with Crippen molar-refractivity contribution < 1.29 is 12.8 Å². The molecule has 0 aromatic heterocycles. The van der Waals surface area contributed by atoms with Gasteiger partial charge < -0.3 is 5.73 Å². The largest absolute Gasteiger partial charge is 0.389 e. The van der Waals surface area contributed by atoms with Crippen LogP contribution in [0.15, 0.2) is 23.1 Å². The molecule has 1 aromatic carbocycles. The van der Waals surface area contributed by atoms with Crippen molar-refractivity contribution in [3.8, 4) is 0 Å². The van der Waals surface area contributed by atoms with Crippen LogP contribution in [0.2, 0.25) is 0 Å². The predicted molar refractivity (Wildman–Crippen MR) is 74.8 cm³/mol. The molecule has 1 fully saturated rings. The van der Waals surface area contributed by atoms with Gasteiger partial charge in [-0.25, -0.2) is 17.5 Å². The van der Waals surface area contributed by atoms with Crippen molar-refractivity contribution in [2.45, 2.75) is 30.7 Å². The normalized spacial score (nSPS) is 17.2. The maximum absolute atomic E-state index is 13.7. The van der Waals surface area contributed by atoms with E-state index >= 15 is 0 Å². The molecule has 1 aromatic rings. The van der Waals surface area contributed by atoms with Crippen LogP contribution >= 0.6 is 12.2 Å². The molecule has 0 radical (unpaired) electrons. The summed E-state index contributed by atoms with van der Waals surface area (Å²) in [5.74, 6) is -0.369. The Morgan fingerprint density at radius 2 is 2.16 bits per heavy atom. The van der Waals surface area contributed by atoms with Crippen molar-refractivity contribution >= 4 is 27.2 Å². The third-order valence-electron chi connectivity index (χ3n) is 3.18. The Morgan fingerprint density at radius 3 is 2.68 bits per heavy atom. The monoisotopic (exact) mass is 302 g/mol. The van der Waals surface area contributed by atoms with E-state index in [0.29, 0.717) is 5.92 Å². The Hall–Kier alpha value is -1.05. The van der Waals surface area contributed by atoms with Gasteiger partial charge in [0.15, 0.2) is 0 Å². The maximum atomic E-state index is 13.7. The summed E-state index contributed by atoms with van der Waals surface area (Å²) in [5.41, 5.74) is 5.19. The van der Waals surface area contributed by atoms with Crippen molar-refractivity contribution in [2.24, 2.45) is 11.7 Å². The highest BCUT2D eigenvalue weighted by atomic mass is 32.2. The number of nitrogens with two attached hydrogens (primary N) is 1. The number of thiocarbonyl (C=S) groups is 1. The van der Waals surface area contributed by atoms with Crippen molar-refractivity contribution in [3.63, 3.8) is 0 Å². The first-order valence-electron chi connectivity index (χ1n) is 5.93. The molecule has 1 aliphatic carbocycles. The van der Waals surface area contributed by atoms with Gasteiger partial charge >= 0.3 is 0 Å². The Labute approximate surface area is 117 Å². The minimum absolute atomic E-state index is 0.174. The van der Waals surface area contributed by atoms with E-state index in [4.69, 9.17) is 18.0 Å². The first-order valence-corrected chi connectivity index (χ1v) is 7.82. The molecular weight excluding hydrogens is 287 g/mol. The van der Waals surface area contributed by atoms with Crippen molar-refractivity contribution in [1.82, 2.24) is 4.72 Å². The number of sulfonamides is 1. The number of nitrogens with one attached hydrogen (secondary N) is 1. The van der Waals surface area contributed by atoms with Gasteiger partial charge in [-0.3, -0.25) is 0 Å². The van der Waals surface area contributed by atoms with Gasteiger partial charge in [-0.15, -0.1) is 0 Å². The highest BCUT2D eigenvalue weighted by Gasteiger charge is 2.32. The minimum atomic E-state index is -3.82. The van der Waals surface area contributed by atoms with Crippen LogP contribution in [0.3, 0.4) is 0 Å². The van der Waals surface area contributed by atoms with Gasteiger partial charge in [0.05, 0.1) is 10.5 Å². The zero-order valence-electron chi connectivity index (χ0n) is 10.4. The lowest BCUT2D eigenvalue weighted by Crippen LogP contribution is -2.35. The molecule has 1 saturated carbocycles. The molecule has 1 aliphatic rings.